The molecule has 0 atom stereocenters. The van der Waals surface area contributed by atoms with Crippen LogP contribution in [0.4, 0.5) is 4.39 Å². The molecule has 90 valence electrons. The molecular formula is C12H13BrFN3. The van der Waals surface area contributed by atoms with Gasteiger partial charge in [0.1, 0.15) is 21.9 Å². The highest BCUT2D eigenvalue weighted by molar-refractivity contribution is 9.10. The summed E-state index contributed by atoms with van der Waals surface area (Å²) in [4.78, 5) is 4.53. The zero-order valence-corrected chi connectivity index (χ0v) is 11.3. The Labute approximate surface area is 108 Å². The van der Waals surface area contributed by atoms with Gasteiger partial charge >= 0.3 is 0 Å². The summed E-state index contributed by atoms with van der Waals surface area (Å²) in [5.41, 5.74) is 1.73. The molecule has 2 rings (SSSR count). The van der Waals surface area contributed by atoms with E-state index in [0.717, 1.165) is 21.7 Å². The molecule has 5 heteroatoms. The summed E-state index contributed by atoms with van der Waals surface area (Å²) < 4.78 is 15.7. The van der Waals surface area contributed by atoms with Crippen molar-refractivity contribution in [3.8, 4) is 11.3 Å². The van der Waals surface area contributed by atoms with Gasteiger partial charge in [-0.05, 0) is 47.2 Å². The third-order valence-electron chi connectivity index (χ3n) is 2.57. The molecule has 0 spiro atoms. The molecule has 1 heterocycles. The maximum absolute atomic E-state index is 12.9. The quantitative estimate of drug-likeness (QED) is 0.944. The van der Waals surface area contributed by atoms with Crippen LogP contribution in [-0.4, -0.2) is 16.6 Å². The van der Waals surface area contributed by atoms with Crippen molar-refractivity contribution in [2.75, 3.05) is 7.05 Å². The molecule has 1 aromatic carbocycles. The topological polar surface area (TPSA) is 29.9 Å². The van der Waals surface area contributed by atoms with E-state index in [0.29, 0.717) is 6.54 Å². The first-order valence-electron chi connectivity index (χ1n) is 5.25. The Morgan fingerprint density at radius 3 is 2.59 bits per heavy atom. The molecule has 0 aliphatic heterocycles. The molecule has 0 amide bonds. The number of aromatic nitrogens is 2. The van der Waals surface area contributed by atoms with E-state index in [1.165, 1.54) is 12.1 Å². The molecule has 17 heavy (non-hydrogen) atoms. The highest BCUT2D eigenvalue weighted by Crippen LogP contribution is 2.28. The lowest BCUT2D eigenvalue weighted by Crippen LogP contribution is -2.10. The molecular weight excluding hydrogens is 285 g/mol. The van der Waals surface area contributed by atoms with Crippen molar-refractivity contribution in [2.45, 2.75) is 6.54 Å². The summed E-state index contributed by atoms with van der Waals surface area (Å²) >= 11 is 3.51. The second kappa shape index (κ2) is 4.98. The molecule has 0 fully saturated rings. The lowest BCUT2D eigenvalue weighted by Gasteiger charge is -2.00. The second-order valence-electron chi connectivity index (χ2n) is 3.76. The number of hydrogen-bond acceptors (Lipinski definition) is 2. The maximum Gasteiger partial charge on any atom is 0.124 e. The largest absolute Gasteiger partial charge is 0.324 e. The first kappa shape index (κ1) is 12.3. The maximum atomic E-state index is 12.9. The summed E-state index contributed by atoms with van der Waals surface area (Å²) in [5, 5.41) is 3.06. The van der Waals surface area contributed by atoms with Gasteiger partial charge in [0.05, 0.1) is 6.54 Å². The molecule has 0 saturated heterocycles. The normalized spacial score (nSPS) is 10.8. The van der Waals surface area contributed by atoms with Gasteiger partial charge in [0, 0.05) is 12.6 Å². The van der Waals surface area contributed by atoms with E-state index in [1.807, 2.05) is 18.7 Å². The third kappa shape index (κ3) is 2.40. The van der Waals surface area contributed by atoms with E-state index in [4.69, 9.17) is 0 Å². The monoisotopic (exact) mass is 297 g/mol. The van der Waals surface area contributed by atoms with Gasteiger partial charge in [-0.25, -0.2) is 9.37 Å². The molecule has 0 bridgehead atoms. The first-order chi connectivity index (χ1) is 8.13. The van der Waals surface area contributed by atoms with Gasteiger partial charge in [-0.15, -0.1) is 0 Å². The molecule has 1 N–H and O–H groups in total. The van der Waals surface area contributed by atoms with Crippen molar-refractivity contribution in [1.82, 2.24) is 14.9 Å². The molecule has 0 unspecified atom stereocenters. The van der Waals surface area contributed by atoms with Crippen LogP contribution < -0.4 is 5.32 Å². The fraction of sp³-hybridized carbons (Fsp3) is 0.250. The summed E-state index contributed by atoms with van der Waals surface area (Å²) in [6, 6.07) is 6.33. The summed E-state index contributed by atoms with van der Waals surface area (Å²) in [6.45, 7) is 0.691. The van der Waals surface area contributed by atoms with Crippen molar-refractivity contribution in [2.24, 2.45) is 7.05 Å². The van der Waals surface area contributed by atoms with E-state index < -0.39 is 0 Å². The van der Waals surface area contributed by atoms with Crippen molar-refractivity contribution in [1.29, 1.82) is 0 Å². The fourth-order valence-corrected chi connectivity index (χ4v) is 2.15. The summed E-state index contributed by atoms with van der Waals surface area (Å²) in [7, 11) is 3.82. The van der Waals surface area contributed by atoms with Crippen molar-refractivity contribution >= 4 is 15.9 Å². The Balaban J connectivity index is 2.45. The molecule has 3 nitrogen and oxygen atoms in total. The lowest BCUT2D eigenvalue weighted by molar-refractivity contribution is 0.628. The number of benzene rings is 1. The predicted molar refractivity (Wildman–Crippen MR) is 69.1 cm³/mol. The Kier molecular flexibility index (Phi) is 3.59. The van der Waals surface area contributed by atoms with Crippen LogP contribution in [0.25, 0.3) is 11.3 Å². The van der Waals surface area contributed by atoms with Gasteiger partial charge in [-0.1, -0.05) is 0 Å². The Bertz CT molecular complexity index is 519. The van der Waals surface area contributed by atoms with Crippen LogP contribution in [0, 0.1) is 5.82 Å². The van der Waals surface area contributed by atoms with Crippen LogP contribution in [0.1, 0.15) is 5.82 Å². The van der Waals surface area contributed by atoms with E-state index in [9.17, 15) is 4.39 Å². The van der Waals surface area contributed by atoms with Crippen LogP contribution in [0.15, 0.2) is 28.9 Å². The summed E-state index contributed by atoms with van der Waals surface area (Å²) in [6.07, 6.45) is 0. The van der Waals surface area contributed by atoms with E-state index in [-0.39, 0.29) is 5.82 Å². The first-order valence-corrected chi connectivity index (χ1v) is 6.04. The minimum Gasteiger partial charge on any atom is -0.324 e. The van der Waals surface area contributed by atoms with Crippen molar-refractivity contribution in [3.63, 3.8) is 0 Å². The molecule has 0 saturated carbocycles. The van der Waals surface area contributed by atoms with E-state index in [1.54, 1.807) is 12.1 Å². The average molecular weight is 298 g/mol. The molecule has 0 aliphatic rings. The minimum absolute atomic E-state index is 0.240. The van der Waals surface area contributed by atoms with Crippen molar-refractivity contribution < 1.29 is 4.39 Å². The van der Waals surface area contributed by atoms with Crippen LogP contribution in [0.3, 0.4) is 0 Å². The van der Waals surface area contributed by atoms with Crippen LogP contribution >= 0.6 is 15.9 Å². The fourth-order valence-electron chi connectivity index (χ4n) is 1.63. The number of rotatable bonds is 3. The molecule has 0 aliphatic carbocycles. The van der Waals surface area contributed by atoms with Gasteiger partial charge in [-0.3, -0.25) is 0 Å². The average Bonchev–Trinajstić information content (AvgIpc) is 2.59. The molecule has 1 aromatic heterocycles. The molecule has 2 aromatic rings. The van der Waals surface area contributed by atoms with Gasteiger partial charge in [0.2, 0.25) is 0 Å². The van der Waals surface area contributed by atoms with Gasteiger partial charge in [0.15, 0.2) is 0 Å². The highest BCUT2D eigenvalue weighted by atomic mass is 79.9. The number of nitrogens with zero attached hydrogens (tertiary/aromatic N) is 2. The Morgan fingerprint density at radius 2 is 2.00 bits per heavy atom. The van der Waals surface area contributed by atoms with Crippen LogP contribution in [-0.2, 0) is 13.6 Å². The van der Waals surface area contributed by atoms with Gasteiger partial charge in [0.25, 0.3) is 0 Å². The lowest BCUT2D eigenvalue weighted by atomic mass is 10.2. The third-order valence-corrected chi connectivity index (χ3v) is 3.48. The Hall–Kier alpha value is -1.20. The molecule has 0 radical (unpaired) electrons. The van der Waals surface area contributed by atoms with Gasteiger partial charge < -0.3 is 9.88 Å². The van der Waals surface area contributed by atoms with Gasteiger partial charge in [-0.2, -0.15) is 0 Å². The van der Waals surface area contributed by atoms with Crippen LogP contribution in [0.5, 0.6) is 0 Å². The van der Waals surface area contributed by atoms with E-state index >= 15 is 0 Å². The zero-order valence-electron chi connectivity index (χ0n) is 9.67. The standard InChI is InChI=1S/C12H13BrFN3/c1-15-7-10-16-11(12(13)17(10)2)8-3-5-9(14)6-4-8/h3-6,15H,7H2,1-2H3. The number of hydrogen-bond donors (Lipinski definition) is 1. The van der Waals surface area contributed by atoms with Crippen molar-refractivity contribution in [3.05, 3.63) is 40.5 Å². The number of halogens is 2. The van der Waals surface area contributed by atoms with Crippen LogP contribution in [0.2, 0.25) is 0 Å². The number of imidazole rings is 1. The van der Waals surface area contributed by atoms with E-state index in [2.05, 4.69) is 26.2 Å². The smallest absolute Gasteiger partial charge is 0.124 e. The number of nitrogens with one attached hydrogen (secondary N) is 1. The predicted octanol–water partition coefficient (Wildman–Crippen LogP) is 2.71. The highest BCUT2D eigenvalue weighted by Gasteiger charge is 2.13. The zero-order chi connectivity index (χ0) is 12.4. The Morgan fingerprint density at radius 1 is 1.35 bits per heavy atom. The minimum atomic E-state index is -0.240. The second-order valence-corrected chi connectivity index (χ2v) is 4.51. The SMILES string of the molecule is CNCc1nc(-c2ccc(F)cc2)c(Br)n1C. The summed E-state index contributed by atoms with van der Waals surface area (Å²) in [5.74, 6) is 0.690.